The Balaban J connectivity index is 1.86. The SMILES string of the molecule is CCCn1c(C2C3CCC(C3)C2N)nc2ccc(F)cc21. The minimum atomic E-state index is -0.191. The van der Waals surface area contributed by atoms with Crippen molar-refractivity contribution >= 4 is 11.0 Å². The number of fused-ring (bicyclic) bond motifs is 3. The van der Waals surface area contributed by atoms with E-state index in [9.17, 15) is 4.39 Å². The molecule has 4 heteroatoms. The highest BCUT2D eigenvalue weighted by Crippen LogP contribution is 2.52. The van der Waals surface area contributed by atoms with Crippen molar-refractivity contribution in [1.29, 1.82) is 0 Å². The quantitative estimate of drug-likeness (QED) is 0.940. The number of halogens is 1. The van der Waals surface area contributed by atoms with Crippen molar-refractivity contribution in [3.63, 3.8) is 0 Å². The third-order valence-electron chi connectivity index (χ3n) is 5.47. The van der Waals surface area contributed by atoms with Gasteiger partial charge in [0.1, 0.15) is 11.6 Å². The van der Waals surface area contributed by atoms with E-state index in [4.69, 9.17) is 10.7 Å². The maximum atomic E-state index is 13.6. The molecule has 2 fully saturated rings. The summed E-state index contributed by atoms with van der Waals surface area (Å²) >= 11 is 0. The minimum Gasteiger partial charge on any atom is -0.328 e. The molecule has 2 N–H and O–H groups in total. The fourth-order valence-corrected chi connectivity index (χ4v) is 4.55. The molecule has 2 bridgehead atoms. The average molecular weight is 287 g/mol. The summed E-state index contributed by atoms with van der Waals surface area (Å²) in [6.45, 7) is 3.03. The molecule has 1 heterocycles. The monoisotopic (exact) mass is 287 g/mol. The van der Waals surface area contributed by atoms with Gasteiger partial charge in [-0.1, -0.05) is 6.92 Å². The number of nitrogens with two attached hydrogens (primary N) is 1. The normalized spacial score (nSPS) is 31.4. The van der Waals surface area contributed by atoms with Crippen LogP contribution >= 0.6 is 0 Å². The lowest BCUT2D eigenvalue weighted by molar-refractivity contribution is 0.346. The fourth-order valence-electron chi connectivity index (χ4n) is 4.55. The Kier molecular flexibility index (Phi) is 3.03. The van der Waals surface area contributed by atoms with Gasteiger partial charge in [-0.3, -0.25) is 0 Å². The molecule has 112 valence electrons. The molecule has 2 aliphatic carbocycles. The number of imidazole rings is 1. The Morgan fingerprint density at radius 2 is 2.14 bits per heavy atom. The molecule has 2 saturated carbocycles. The molecular formula is C17H22FN3. The molecule has 0 saturated heterocycles. The van der Waals surface area contributed by atoms with Crippen molar-refractivity contribution in [3.05, 3.63) is 29.8 Å². The van der Waals surface area contributed by atoms with Gasteiger partial charge in [-0.15, -0.1) is 0 Å². The first-order valence-electron chi connectivity index (χ1n) is 8.10. The molecule has 0 aliphatic heterocycles. The summed E-state index contributed by atoms with van der Waals surface area (Å²) in [5.41, 5.74) is 8.30. The zero-order valence-corrected chi connectivity index (χ0v) is 12.4. The van der Waals surface area contributed by atoms with Gasteiger partial charge in [-0.25, -0.2) is 9.37 Å². The van der Waals surface area contributed by atoms with Gasteiger partial charge in [-0.05, 0) is 55.7 Å². The van der Waals surface area contributed by atoms with E-state index in [0.717, 1.165) is 29.8 Å². The molecule has 1 aromatic heterocycles. The molecule has 4 atom stereocenters. The second-order valence-corrected chi connectivity index (χ2v) is 6.69. The van der Waals surface area contributed by atoms with Crippen LogP contribution in [0.2, 0.25) is 0 Å². The first-order chi connectivity index (χ1) is 10.2. The van der Waals surface area contributed by atoms with Crippen LogP contribution in [-0.4, -0.2) is 15.6 Å². The Hall–Kier alpha value is -1.42. The van der Waals surface area contributed by atoms with E-state index in [1.54, 1.807) is 12.1 Å². The zero-order valence-electron chi connectivity index (χ0n) is 12.4. The summed E-state index contributed by atoms with van der Waals surface area (Å²) in [6, 6.07) is 5.12. The highest BCUT2D eigenvalue weighted by molar-refractivity contribution is 5.76. The third kappa shape index (κ3) is 1.92. The Morgan fingerprint density at radius 3 is 2.86 bits per heavy atom. The van der Waals surface area contributed by atoms with Crippen molar-refractivity contribution < 1.29 is 4.39 Å². The summed E-state index contributed by atoms with van der Waals surface area (Å²) in [6.07, 6.45) is 4.80. The molecule has 2 aromatic rings. The summed E-state index contributed by atoms with van der Waals surface area (Å²) < 4.78 is 15.8. The lowest BCUT2D eigenvalue weighted by Gasteiger charge is -2.28. The van der Waals surface area contributed by atoms with E-state index < -0.39 is 0 Å². The van der Waals surface area contributed by atoms with Gasteiger partial charge in [0.25, 0.3) is 0 Å². The van der Waals surface area contributed by atoms with E-state index in [2.05, 4.69) is 11.5 Å². The van der Waals surface area contributed by atoms with Gasteiger partial charge < -0.3 is 10.3 Å². The van der Waals surface area contributed by atoms with Crippen LogP contribution in [0.15, 0.2) is 18.2 Å². The number of aryl methyl sites for hydroxylation is 1. The second kappa shape index (κ2) is 4.80. The highest BCUT2D eigenvalue weighted by atomic mass is 19.1. The van der Waals surface area contributed by atoms with Crippen LogP contribution < -0.4 is 5.73 Å². The van der Waals surface area contributed by atoms with E-state index in [1.807, 2.05) is 0 Å². The lowest BCUT2D eigenvalue weighted by atomic mass is 9.84. The van der Waals surface area contributed by atoms with Crippen LogP contribution in [-0.2, 0) is 6.54 Å². The van der Waals surface area contributed by atoms with Crippen LogP contribution in [0.4, 0.5) is 4.39 Å². The van der Waals surface area contributed by atoms with Crippen LogP contribution in [0.5, 0.6) is 0 Å². The van der Waals surface area contributed by atoms with Crippen LogP contribution in [0, 0.1) is 17.7 Å². The fraction of sp³-hybridized carbons (Fsp3) is 0.588. The predicted molar refractivity (Wildman–Crippen MR) is 81.5 cm³/mol. The molecule has 0 amide bonds. The van der Waals surface area contributed by atoms with Gasteiger partial charge in [-0.2, -0.15) is 0 Å². The smallest absolute Gasteiger partial charge is 0.125 e. The number of hydrogen-bond acceptors (Lipinski definition) is 2. The van der Waals surface area contributed by atoms with Gasteiger partial charge in [0.2, 0.25) is 0 Å². The second-order valence-electron chi connectivity index (χ2n) is 6.69. The molecule has 4 unspecified atom stereocenters. The summed E-state index contributed by atoms with van der Waals surface area (Å²) in [4.78, 5) is 4.84. The summed E-state index contributed by atoms with van der Waals surface area (Å²) in [5.74, 6) is 2.58. The van der Waals surface area contributed by atoms with E-state index in [0.29, 0.717) is 17.8 Å². The van der Waals surface area contributed by atoms with Crippen molar-refractivity contribution in [2.45, 2.75) is 51.1 Å². The Labute approximate surface area is 124 Å². The predicted octanol–water partition coefficient (Wildman–Crippen LogP) is 3.43. The van der Waals surface area contributed by atoms with Crippen molar-refractivity contribution in [3.8, 4) is 0 Å². The maximum Gasteiger partial charge on any atom is 0.125 e. The number of benzene rings is 1. The van der Waals surface area contributed by atoms with Crippen molar-refractivity contribution in [2.24, 2.45) is 17.6 Å². The van der Waals surface area contributed by atoms with Gasteiger partial charge in [0.15, 0.2) is 0 Å². The van der Waals surface area contributed by atoms with Gasteiger partial charge in [0.05, 0.1) is 11.0 Å². The largest absolute Gasteiger partial charge is 0.328 e. The van der Waals surface area contributed by atoms with Gasteiger partial charge in [0, 0.05) is 18.5 Å². The molecule has 0 spiro atoms. The number of nitrogens with zero attached hydrogens (tertiary/aromatic N) is 2. The molecule has 4 rings (SSSR count). The molecule has 2 aliphatic rings. The van der Waals surface area contributed by atoms with Crippen molar-refractivity contribution in [1.82, 2.24) is 9.55 Å². The van der Waals surface area contributed by atoms with Crippen molar-refractivity contribution in [2.75, 3.05) is 0 Å². The van der Waals surface area contributed by atoms with Crippen LogP contribution in [0.25, 0.3) is 11.0 Å². The molecule has 1 aromatic carbocycles. The lowest BCUT2D eigenvalue weighted by Crippen LogP contribution is -2.35. The number of aromatic nitrogens is 2. The topological polar surface area (TPSA) is 43.8 Å². The average Bonchev–Trinajstić information content (AvgIpc) is 3.13. The number of hydrogen-bond donors (Lipinski definition) is 1. The molecule has 21 heavy (non-hydrogen) atoms. The van der Waals surface area contributed by atoms with Crippen LogP contribution in [0.1, 0.15) is 44.3 Å². The molecular weight excluding hydrogens is 265 g/mol. The highest BCUT2D eigenvalue weighted by Gasteiger charge is 2.48. The van der Waals surface area contributed by atoms with E-state index in [-0.39, 0.29) is 11.9 Å². The van der Waals surface area contributed by atoms with E-state index >= 15 is 0 Å². The van der Waals surface area contributed by atoms with Crippen LogP contribution in [0.3, 0.4) is 0 Å². The first-order valence-corrected chi connectivity index (χ1v) is 8.10. The standard InChI is InChI=1S/C17H22FN3/c1-2-7-21-14-9-12(18)5-6-13(14)20-17(21)15-10-3-4-11(8-10)16(15)19/h5-6,9-11,15-16H,2-4,7-8,19H2,1H3. The zero-order chi connectivity index (χ0) is 14.6. The Morgan fingerprint density at radius 1 is 1.33 bits per heavy atom. The summed E-state index contributed by atoms with van der Waals surface area (Å²) in [7, 11) is 0. The first kappa shape index (κ1) is 13.3. The Bertz CT molecular complexity index is 676. The maximum absolute atomic E-state index is 13.6. The molecule has 3 nitrogen and oxygen atoms in total. The minimum absolute atomic E-state index is 0.191. The summed E-state index contributed by atoms with van der Waals surface area (Å²) in [5, 5.41) is 0. The third-order valence-corrected chi connectivity index (χ3v) is 5.47. The number of rotatable bonds is 3. The van der Waals surface area contributed by atoms with Gasteiger partial charge >= 0.3 is 0 Å². The van der Waals surface area contributed by atoms with E-state index in [1.165, 1.54) is 25.3 Å². The molecule has 0 radical (unpaired) electrons.